The zero-order valence-electron chi connectivity index (χ0n) is 18.4. The van der Waals surface area contributed by atoms with Crippen molar-refractivity contribution in [3.8, 4) is 11.1 Å². The fourth-order valence-electron chi connectivity index (χ4n) is 5.01. The van der Waals surface area contributed by atoms with Gasteiger partial charge >= 0.3 is 0 Å². The van der Waals surface area contributed by atoms with E-state index < -0.39 is 16.1 Å². The van der Waals surface area contributed by atoms with Crippen LogP contribution >= 0.6 is 0 Å². The van der Waals surface area contributed by atoms with Crippen LogP contribution in [0, 0.1) is 0 Å². The van der Waals surface area contributed by atoms with Crippen LogP contribution < -0.4 is 10.4 Å². The van der Waals surface area contributed by atoms with Crippen molar-refractivity contribution in [2.45, 2.75) is 39.3 Å². The van der Waals surface area contributed by atoms with Crippen molar-refractivity contribution in [2.24, 2.45) is 0 Å². The topological polar surface area (TPSA) is 26.3 Å². The van der Waals surface area contributed by atoms with E-state index in [1.54, 1.807) is 0 Å². The minimum atomic E-state index is -1.58. The molecule has 0 atom stereocenters. The Bertz CT molecular complexity index is 1430. The van der Waals surface area contributed by atoms with Gasteiger partial charge in [-0.25, -0.2) is 0 Å². The molecule has 150 valence electrons. The van der Waals surface area contributed by atoms with Crippen LogP contribution in [0.4, 0.5) is 0 Å². The fourth-order valence-corrected chi connectivity index (χ4v) is 7.89. The Morgan fingerprint density at radius 2 is 0.867 bits per heavy atom. The molecule has 2 aliphatic heterocycles. The van der Waals surface area contributed by atoms with Crippen LogP contribution in [0.25, 0.3) is 55.0 Å². The molecule has 0 amide bonds. The van der Waals surface area contributed by atoms with Crippen LogP contribution in [0.3, 0.4) is 0 Å². The molecule has 0 bridgehead atoms. The Hall–Kier alpha value is -2.57. The van der Waals surface area contributed by atoms with Crippen molar-refractivity contribution in [1.82, 2.24) is 0 Å². The molecule has 4 aromatic rings. The molecule has 0 aromatic heterocycles. The van der Waals surface area contributed by atoms with Crippen LogP contribution in [-0.2, 0) is 0 Å². The van der Waals surface area contributed by atoms with E-state index in [0.29, 0.717) is 0 Å². The number of hydrogen-bond acceptors (Lipinski definition) is 2. The monoisotopic (exact) mass is 426 g/mol. The van der Waals surface area contributed by atoms with Crippen molar-refractivity contribution >= 4 is 70.4 Å². The molecule has 4 heteroatoms. The second kappa shape index (κ2) is 5.56. The molecule has 2 heterocycles. The van der Waals surface area contributed by atoms with E-state index in [-0.39, 0.29) is 0 Å². The molecule has 4 aromatic carbocycles. The van der Waals surface area contributed by atoms with Crippen LogP contribution in [-0.4, -0.2) is 16.1 Å². The molecule has 0 unspecified atom stereocenters. The molecule has 0 fully saturated rings. The third-order valence-electron chi connectivity index (χ3n) is 6.49. The zero-order valence-corrected chi connectivity index (χ0v) is 20.4. The highest BCUT2D eigenvalue weighted by Gasteiger charge is 2.30. The highest BCUT2D eigenvalue weighted by Crippen LogP contribution is 2.47. The maximum Gasteiger partial charge on any atom is 0.136 e. The number of rotatable bonds is 2. The standard InChI is InChI=1S/C26H26O2Si2/c1-29(2,3)19-13-9-15-7-12-18-23-21(15)25(19)27-17-11-8-16-10-14-20(30(4,5)6)26(28-18)22(16)24(17)23/h7-14H,1-6H3. The Balaban J connectivity index is 1.94. The predicted octanol–water partition coefficient (Wildman–Crippen LogP) is 7.12. The van der Waals surface area contributed by atoms with E-state index in [9.17, 15) is 0 Å². The highest BCUT2D eigenvalue weighted by atomic mass is 28.3. The summed E-state index contributed by atoms with van der Waals surface area (Å²) in [6.45, 7) is 14.3. The normalized spacial score (nSPS) is 13.7. The summed E-state index contributed by atoms with van der Waals surface area (Å²) in [5.41, 5.74) is 6.45. The minimum absolute atomic E-state index is 0.965. The Morgan fingerprint density at radius 1 is 0.500 bits per heavy atom. The van der Waals surface area contributed by atoms with Crippen LogP contribution in [0.5, 0.6) is 0 Å². The van der Waals surface area contributed by atoms with E-state index in [2.05, 4.69) is 87.8 Å². The Kier molecular flexibility index (Phi) is 3.38. The molecule has 0 saturated heterocycles. The van der Waals surface area contributed by atoms with Gasteiger partial charge in [0.25, 0.3) is 0 Å². The van der Waals surface area contributed by atoms with Gasteiger partial charge in [0.1, 0.15) is 22.3 Å². The van der Waals surface area contributed by atoms with Gasteiger partial charge in [0.05, 0.1) is 16.1 Å². The summed E-state index contributed by atoms with van der Waals surface area (Å²) in [6, 6.07) is 17.7. The lowest BCUT2D eigenvalue weighted by Crippen LogP contribution is -2.38. The molecular weight excluding hydrogens is 400 g/mol. The van der Waals surface area contributed by atoms with E-state index in [4.69, 9.17) is 8.83 Å². The van der Waals surface area contributed by atoms with Gasteiger partial charge in [-0.1, -0.05) is 75.7 Å². The van der Waals surface area contributed by atoms with Gasteiger partial charge in [-0.2, -0.15) is 0 Å². The van der Waals surface area contributed by atoms with E-state index in [1.165, 1.54) is 43.0 Å². The van der Waals surface area contributed by atoms with Gasteiger partial charge in [0, 0.05) is 21.9 Å². The SMILES string of the molecule is C[Si](C)(C)c1ccc2ccc3oc4c([Si](C)(C)C)ccc5ccc6oc1c2c3-c6c54. The van der Waals surface area contributed by atoms with Crippen molar-refractivity contribution in [1.29, 1.82) is 0 Å². The van der Waals surface area contributed by atoms with Crippen molar-refractivity contribution in [2.75, 3.05) is 0 Å². The maximum absolute atomic E-state index is 6.71. The fraction of sp³-hybridized carbons (Fsp3) is 0.231. The highest BCUT2D eigenvalue weighted by molar-refractivity contribution is 6.91. The lowest BCUT2D eigenvalue weighted by atomic mass is 9.90. The molecule has 0 saturated carbocycles. The first kappa shape index (κ1) is 18.2. The second-order valence-electron chi connectivity index (χ2n) is 10.7. The molecule has 0 aliphatic carbocycles. The summed E-state index contributed by atoms with van der Waals surface area (Å²) in [7, 11) is -3.15. The summed E-state index contributed by atoms with van der Waals surface area (Å²) in [5.74, 6) is 0. The second-order valence-corrected chi connectivity index (χ2v) is 20.7. The number of benzene rings is 4. The van der Waals surface area contributed by atoms with Crippen molar-refractivity contribution in [3.05, 3.63) is 48.5 Å². The average molecular weight is 427 g/mol. The molecule has 6 rings (SSSR count). The van der Waals surface area contributed by atoms with Crippen LogP contribution in [0.2, 0.25) is 39.3 Å². The Labute approximate surface area is 178 Å². The first-order chi connectivity index (χ1) is 14.1. The summed E-state index contributed by atoms with van der Waals surface area (Å²) in [6.07, 6.45) is 0. The predicted molar refractivity (Wildman–Crippen MR) is 135 cm³/mol. The van der Waals surface area contributed by atoms with Gasteiger partial charge in [0.15, 0.2) is 0 Å². The third-order valence-corrected chi connectivity index (χ3v) is 10.5. The van der Waals surface area contributed by atoms with E-state index in [0.717, 1.165) is 22.3 Å². The minimum Gasteiger partial charge on any atom is -0.456 e. The van der Waals surface area contributed by atoms with Crippen molar-refractivity contribution in [3.63, 3.8) is 0 Å². The van der Waals surface area contributed by atoms with E-state index >= 15 is 0 Å². The van der Waals surface area contributed by atoms with Gasteiger partial charge in [-0.05, 0) is 33.3 Å². The average Bonchev–Trinajstić information content (AvgIpc) is 2.68. The smallest absolute Gasteiger partial charge is 0.136 e. The van der Waals surface area contributed by atoms with Crippen LogP contribution in [0.15, 0.2) is 57.4 Å². The molecule has 0 spiro atoms. The molecule has 0 N–H and O–H groups in total. The molecular formula is C26H26O2Si2. The maximum atomic E-state index is 6.71. The summed E-state index contributed by atoms with van der Waals surface area (Å²) < 4.78 is 13.4. The lowest BCUT2D eigenvalue weighted by molar-refractivity contribution is 0.649. The molecule has 0 radical (unpaired) electrons. The number of hydrogen-bond donors (Lipinski definition) is 0. The zero-order chi connectivity index (χ0) is 21.0. The summed E-state index contributed by atoms with van der Waals surface area (Å²) in [4.78, 5) is 0. The largest absolute Gasteiger partial charge is 0.456 e. The molecule has 2 aliphatic rings. The summed E-state index contributed by atoms with van der Waals surface area (Å²) in [5, 5.41) is 7.63. The lowest BCUT2D eigenvalue weighted by Gasteiger charge is -2.25. The summed E-state index contributed by atoms with van der Waals surface area (Å²) >= 11 is 0. The molecule has 2 nitrogen and oxygen atoms in total. The first-order valence-corrected chi connectivity index (χ1v) is 17.7. The third kappa shape index (κ3) is 2.29. The molecule has 30 heavy (non-hydrogen) atoms. The van der Waals surface area contributed by atoms with E-state index in [1.807, 2.05) is 0 Å². The van der Waals surface area contributed by atoms with Crippen molar-refractivity contribution < 1.29 is 8.83 Å². The van der Waals surface area contributed by atoms with Crippen LogP contribution in [0.1, 0.15) is 0 Å². The first-order valence-electron chi connectivity index (χ1n) is 10.7. The van der Waals surface area contributed by atoms with Gasteiger partial charge in [-0.15, -0.1) is 0 Å². The quantitative estimate of drug-likeness (QED) is 0.167. The van der Waals surface area contributed by atoms with Gasteiger partial charge in [-0.3, -0.25) is 0 Å². The Morgan fingerprint density at radius 3 is 1.23 bits per heavy atom. The van der Waals surface area contributed by atoms with Gasteiger partial charge in [0.2, 0.25) is 0 Å². The van der Waals surface area contributed by atoms with Gasteiger partial charge < -0.3 is 8.83 Å².